The molecule has 1 saturated carbocycles. The van der Waals surface area contributed by atoms with Crippen LogP contribution in [0.5, 0.6) is 0 Å². The van der Waals surface area contributed by atoms with Crippen molar-refractivity contribution in [2.75, 3.05) is 0 Å². The third-order valence-electron chi connectivity index (χ3n) is 9.63. The summed E-state index contributed by atoms with van der Waals surface area (Å²) in [6.45, 7) is 16.7. The van der Waals surface area contributed by atoms with Crippen molar-refractivity contribution in [2.24, 2.45) is 5.73 Å². The molecule has 0 aromatic heterocycles. The molecule has 0 bridgehead atoms. The Morgan fingerprint density at radius 1 is 0.758 bits per heavy atom. The quantitative estimate of drug-likeness (QED) is 0.543. The van der Waals surface area contributed by atoms with Crippen LogP contribution in [0.4, 0.5) is 0 Å². The van der Waals surface area contributed by atoms with Crippen molar-refractivity contribution in [2.45, 2.75) is 121 Å². The summed E-state index contributed by atoms with van der Waals surface area (Å²) in [6.07, 6.45) is 7.49. The van der Waals surface area contributed by atoms with Crippen LogP contribution in [0.1, 0.15) is 111 Å². The smallest absolute Gasteiger partial charge is 0.0254 e. The summed E-state index contributed by atoms with van der Waals surface area (Å²) < 4.78 is 0. The van der Waals surface area contributed by atoms with Crippen LogP contribution in [0, 0.1) is 13.8 Å². The Kier molecular flexibility index (Phi) is 4.61. The molecule has 0 amide bonds. The summed E-state index contributed by atoms with van der Waals surface area (Å²) in [5.41, 5.74) is 19.9. The van der Waals surface area contributed by atoms with Gasteiger partial charge in [0.25, 0.3) is 0 Å². The first-order chi connectivity index (χ1) is 15.5. The van der Waals surface area contributed by atoms with E-state index in [0.717, 1.165) is 13.1 Å². The van der Waals surface area contributed by atoms with E-state index in [9.17, 15) is 0 Å². The lowest BCUT2D eigenvalue weighted by molar-refractivity contribution is 0.119. The van der Waals surface area contributed by atoms with Gasteiger partial charge in [-0.1, -0.05) is 75.9 Å². The number of hydrogen-bond acceptors (Lipinski definition) is 2. The summed E-state index contributed by atoms with van der Waals surface area (Å²) in [5.74, 6) is 0. The largest absolute Gasteiger partial charge is 0.326 e. The van der Waals surface area contributed by atoms with Gasteiger partial charge in [-0.05, 0) is 83.7 Å². The first-order valence-electron chi connectivity index (χ1n) is 13.3. The highest BCUT2D eigenvalue weighted by molar-refractivity contribution is 5.65. The normalized spacial score (nSPS) is 28.7. The number of nitrogens with two attached hydrogens (primary N) is 1. The van der Waals surface area contributed by atoms with Gasteiger partial charge in [0.1, 0.15) is 0 Å². The molecule has 33 heavy (non-hydrogen) atoms. The lowest BCUT2D eigenvalue weighted by atomic mass is 9.69. The minimum atomic E-state index is 0.157. The topological polar surface area (TPSA) is 29.3 Å². The molecular weight excluding hydrogens is 400 g/mol. The predicted octanol–water partition coefficient (Wildman–Crippen LogP) is 6.54. The second-order valence-electron chi connectivity index (χ2n) is 13.3. The molecule has 2 nitrogen and oxygen atoms in total. The average molecular weight is 443 g/mol. The van der Waals surface area contributed by atoms with E-state index in [0.29, 0.717) is 12.1 Å². The molecule has 1 aliphatic heterocycles. The lowest BCUT2D eigenvalue weighted by Crippen LogP contribution is -2.49. The minimum absolute atomic E-state index is 0.157. The zero-order valence-corrected chi connectivity index (χ0v) is 21.6. The molecule has 0 saturated heterocycles. The highest BCUT2D eigenvalue weighted by Crippen LogP contribution is 2.65. The SMILES string of the molecule is Cc1cc2c3c(c1)C(C)(C)CC31CC(C)(C)c3cc(C)cc(c31)CN(C1CCCC[C@H]1N)C2. The van der Waals surface area contributed by atoms with Gasteiger partial charge in [-0.3, -0.25) is 4.90 Å². The Balaban J connectivity index is 1.66. The first-order valence-corrected chi connectivity index (χ1v) is 13.3. The Morgan fingerprint density at radius 2 is 1.24 bits per heavy atom. The van der Waals surface area contributed by atoms with Crippen LogP contribution in [0.15, 0.2) is 24.3 Å². The Bertz CT molecular complexity index is 1060. The number of rotatable bonds is 1. The molecule has 6 rings (SSSR count). The number of hydrogen-bond donors (Lipinski definition) is 1. The standard InChI is InChI=1S/C31H42N2/c1-19-11-21-15-33(26-10-8-7-9-25(26)32)16-22-12-20(2)14-24-28(22)31(18-30(24,5)6)17-29(3,4)23(13-19)27(21)31/h11-14,25-26H,7-10,15-18,32H2,1-6H3/t25-,26?,31?/m1/s1. The van der Waals surface area contributed by atoms with Crippen molar-refractivity contribution in [1.29, 1.82) is 0 Å². The molecule has 1 fully saturated rings. The fourth-order valence-corrected chi connectivity index (χ4v) is 8.73. The Hall–Kier alpha value is -1.64. The molecule has 2 N–H and O–H groups in total. The molecule has 176 valence electrons. The molecule has 2 atom stereocenters. The van der Waals surface area contributed by atoms with E-state index in [4.69, 9.17) is 5.73 Å². The van der Waals surface area contributed by atoms with Crippen LogP contribution in [-0.4, -0.2) is 17.0 Å². The van der Waals surface area contributed by atoms with Crippen molar-refractivity contribution in [1.82, 2.24) is 4.90 Å². The van der Waals surface area contributed by atoms with E-state index in [1.165, 1.54) is 49.7 Å². The van der Waals surface area contributed by atoms with Gasteiger partial charge < -0.3 is 5.73 Å². The fraction of sp³-hybridized carbons (Fsp3) is 0.613. The van der Waals surface area contributed by atoms with Gasteiger partial charge in [0.05, 0.1) is 0 Å². The zero-order valence-electron chi connectivity index (χ0n) is 21.6. The maximum atomic E-state index is 6.78. The summed E-state index contributed by atoms with van der Waals surface area (Å²) in [5, 5.41) is 0. The second-order valence-corrected chi connectivity index (χ2v) is 13.3. The van der Waals surface area contributed by atoms with Gasteiger partial charge in [0.15, 0.2) is 0 Å². The molecule has 2 heteroatoms. The van der Waals surface area contributed by atoms with Crippen LogP contribution in [0.2, 0.25) is 0 Å². The maximum absolute atomic E-state index is 6.78. The molecule has 2 aromatic carbocycles. The van der Waals surface area contributed by atoms with Crippen molar-refractivity contribution in [3.63, 3.8) is 0 Å². The molecule has 2 aromatic rings. The molecule has 4 aliphatic rings. The summed E-state index contributed by atoms with van der Waals surface area (Å²) >= 11 is 0. The van der Waals surface area contributed by atoms with Crippen LogP contribution < -0.4 is 5.73 Å². The Labute approximate surface area is 200 Å². The third kappa shape index (κ3) is 3.06. The highest BCUT2D eigenvalue weighted by atomic mass is 15.2. The van der Waals surface area contributed by atoms with Gasteiger partial charge in [0.2, 0.25) is 0 Å². The van der Waals surface area contributed by atoms with Crippen molar-refractivity contribution in [3.8, 4) is 0 Å². The van der Waals surface area contributed by atoms with Crippen molar-refractivity contribution < 1.29 is 0 Å². The maximum Gasteiger partial charge on any atom is 0.0254 e. The minimum Gasteiger partial charge on any atom is -0.326 e. The van der Waals surface area contributed by atoms with Crippen molar-refractivity contribution in [3.05, 3.63) is 68.8 Å². The van der Waals surface area contributed by atoms with Gasteiger partial charge >= 0.3 is 0 Å². The van der Waals surface area contributed by atoms with E-state index in [-0.39, 0.29) is 16.2 Å². The third-order valence-corrected chi connectivity index (χ3v) is 9.63. The average Bonchev–Trinajstić information content (AvgIpc) is 3.06. The van der Waals surface area contributed by atoms with E-state index in [1.54, 1.807) is 33.4 Å². The fourth-order valence-electron chi connectivity index (χ4n) is 8.73. The van der Waals surface area contributed by atoms with Crippen LogP contribution >= 0.6 is 0 Å². The number of nitrogens with zero attached hydrogens (tertiary/aromatic N) is 1. The molecule has 1 spiro atoms. The summed E-state index contributed by atoms with van der Waals surface area (Å²) in [7, 11) is 0. The Morgan fingerprint density at radius 3 is 1.73 bits per heavy atom. The van der Waals surface area contributed by atoms with Crippen LogP contribution in [0.3, 0.4) is 0 Å². The predicted molar refractivity (Wildman–Crippen MR) is 138 cm³/mol. The molecule has 1 unspecified atom stereocenters. The van der Waals surface area contributed by atoms with Gasteiger partial charge in [0, 0.05) is 30.6 Å². The molecule has 0 radical (unpaired) electrons. The van der Waals surface area contributed by atoms with Crippen LogP contribution in [0.25, 0.3) is 0 Å². The second kappa shape index (κ2) is 6.95. The van der Waals surface area contributed by atoms with E-state index >= 15 is 0 Å². The molecular formula is C31H42N2. The van der Waals surface area contributed by atoms with Gasteiger partial charge in [-0.25, -0.2) is 0 Å². The van der Waals surface area contributed by atoms with Crippen molar-refractivity contribution >= 4 is 0 Å². The van der Waals surface area contributed by atoms with E-state index < -0.39 is 0 Å². The molecule has 1 heterocycles. The van der Waals surface area contributed by atoms with Gasteiger partial charge in [-0.2, -0.15) is 0 Å². The first kappa shape index (κ1) is 21.9. The monoisotopic (exact) mass is 442 g/mol. The molecule has 3 aliphatic carbocycles. The zero-order chi connectivity index (χ0) is 23.3. The van der Waals surface area contributed by atoms with E-state index in [1.807, 2.05) is 0 Å². The van der Waals surface area contributed by atoms with Crippen LogP contribution in [-0.2, 0) is 29.3 Å². The number of aryl methyl sites for hydroxylation is 2. The summed E-state index contributed by atoms with van der Waals surface area (Å²) in [4.78, 5) is 2.77. The van der Waals surface area contributed by atoms with E-state index in [2.05, 4.69) is 70.7 Å². The highest BCUT2D eigenvalue weighted by Gasteiger charge is 2.58. The lowest BCUT2D eigenvalue weighted by Gasteiger charge is -2.42. The van der Waals surface area contributed by atoms with Gasteiger partial charge in [-0.15, -0.1) is 0 Å². The summed E-state index contributed by atoms with van der Waals surface area (Å²) in [6, 6.07) is 10.9. The number of benzene rings is 2.